The van der Waals surface area contributed by atoms with E-state index in [1.54, 1.807) is 16.9 Å². The van der Waals surface area contributed by atoms with Crippen molar-refractivity contribution in [3.63, 3.8) is 0 Å². The lowest BCUT2D eigenvalue weighted by Crippen LogP contribution is -2.36. The number of benzene rings is 2. The second-order valence-corrected chi connectivity index (χ2v) is 7.47. The first-order chi connectivity index (χ1) is 13.5. The van der Waals surface area contributed by atoms with E-state index in [9.17, 15) is 14.0 Å². The van der Waals surface area contributed by atoms with Gasteiger partial charge in [0, 0.05) is 48.9 Å². The van der Waals surface area contributed by atoms with E-state index in [0.29, 0.717) is 37.5 Å². The lowest BCUT2D eigenvalue weighted by Gasteiger charge is -2.24. The summed E-state index contributed by atoms with van der Waals surface area (Å²) in [6.45, 7) is 1.69. The Hall–Kier alpha value is -3.09. The molecule has 7 heteroatoms. The van der Waals surface area contributed by atoms with Crippen LogP contribution in [0.1, 0.15) is 12.8 Å². The fourth-order valence-corrected chi connectivity index (χ4v) is 4.03. The van der Waals surface area contributed by atoms with Crippen molar-refractivity contribution in [2.75, 3.05) is 37.0 Å². The number of carbonyl (C=O) groups is 2. The second kappa shape index (κ2) is 7.14. The van der Waals surface area contributed by atoms with Gasteiger partial charge in [-0.3, -0.25) is 4.79 Å². The molecule has 4 rings (SSSR count). The number of ether oxygens (including phenoxy) is 1. The van der Waals surface area contributed by atoms with Crippen LogP contribution in [0.3, 0.4) is 0 Å². The number of nitrogens with one attached hydrogen (secondary N) is 1. The molecule has 0 bridgehead atoms. The molecule has 2 heterocycles. The number of methoxy groups -OCH3 is 1. The summed E-state index contributed by atoms with van der Waals surface area (Å²) in [5.74, 6) is 0.423. The summed E-state index contributed by atoms with van der Waals surface area (Å²) in [6.07, 6.45) is 1.20. The van der Waals surface area contributed by atoms with E-state index in [-0.39, 0.29) is 23.2 Å². The van der Waals surface area contributed by atoms with Gasteiger partial charge in [-0.15, -0.1) is 0 Å². The van der Waals surface area contributed by atoms with Crippen LogP contribution in [0.4, 0.5) is 20.6 Å². The monoisotopic (exact) mass is 383 g/mol. The van der Waals surface area contributed by atoms with E-state index in [2.05, 4.69) is 5.32 Å². The molecule has 2 fully saturated rings. The molecule has 2 aromatic carbocycles. The van der Waals surface area contributed by atoms with Crippen LogP contribution in [-0.2, 0) is 4.79 Å². The predicted molar refractivity (Wildman–Crippen MR) is 104 cm³/mol. The highest BCUT2D eigenvalue weighted by Gasteiger charge is 2.48. The normalized spacial score (nSPS) is 21.4. The van der Waals surface area contributed by atoms with E-state index in [1.807, 2.05) is 24.3 Å². The summed E-state index contributed by atoms with van der Waals surface area (Å²) < 4.78 is 18.3. The molecule has 2 aliphatic rings. The Morgan fingerprint density at radius 2 is 1.96 bits per heavy atom. The average molecular weight is 383 g/mol. The zero-order valence-electron chi connectivity index (χ0n) is 15.7. The molecule has 1 atom stereocenters. The molecule has 0 unspecified atom stereocenters. The molecule has 2 aliphatic heterocycles. The molecule has 0 aromatic heterocycles. The van der Waals surface area contributed by atoms with E-state index >= 15 is 0 Å². The smallest absolute Gasteiger partial charge is 0.321 e. The van der Waals surface area contributed by atoms with E-state index in [4.69, 9.17) is 4.74 Å². The molecule has 1 spiro atoms. The minimum atomic E-state index is -0.347. The molecule has 1 N–H and O–H groups in total. The quantitative estimate of drug-likeness (QED) is 0.883. The fraction of sp³-hybridized carbons (Fsp3) is 0.333. The zero-order valence-corrected chi connectivity index (χ0v) is 15.7. The van der Waals surface area contributed by atoms with Gasteiger partial charge < -0.3 is 19.9 Å². The molecule has 146 valence electrons. The van der Waals surface area contributed by atoms with Crippen molar-refractivity contribution in [2.45, 2.75) is 12.8 Å². The molecular weight excluding hydrogens is 361 g/mol. The summed E-state index contributed by atoms with van der Waals surface area (Å²) in [5.41, 5.74) is 1.13. The summed E-state index contributed by atoms with van der Waals surface area (Å²) in [6, 6.07) is 12.9. The van der Waals surface area contributed by atoms with Gasteiger partial charge in [0.25, 0.3) is 0 Å². The van der Waals surface area contributed by atoms with Gasteiger partial charge in [-0.25, -0.2) is 9.18 Å². The highest BCUT2D eigenvalue weighted by Crippen LogP contribution is 2.42. The molecule has 0 radical (unpaired) electrons. The minimum absolute atomic E-state index is 0.0639. The number of halogens is 1. The lowest BCUT2D eigenvalue weighted by atomic mass is 9.86. The Morgan fingerprint density at radius 1 is 1.18 bits per heavy atom. The average Bonchev–Trinajstić information content (AvgIpc) is 3.26. The Balaban J connectivity index is 1.43. The maximum atomic E-state index is 13.0. The molecule has 0 saturated carbocycles. The Kier molecular flexibility index (Phi) is 4.66. The molecule has 0 aliphatic carbocycles. The highest BCUT2D eigenvalue weighted by atomic mass is 19.1. The summed E-state index contributed by atoms with van der Waals surface area (Å²) in [5, 5.41) is 2.79. The third kappa shape index (κ3) is 3.52. The van der Waals surface area contributed by atoms with E-state index in [1.165, 1.54) is 24.3 Å². The number of likely N-dealkylation sites (tertiary alicyclic amines) is 1. The van der Waals surface area contributed by atoms with E-state index in [0.717, 1.165) is 12.1 Å². The second-order valence-electron chi connectivity index (χ2n) is 7.47. The molecule has 2 aromatic rings. The standard InChI is InChI=1S/C21H22FN3O3/c1-28-18-4-2-3-17(11-18)25-14-21(12-19(25)26)9-10-24(13-21)20(27)23-16-7-5-15(22)6-8-16/h2-8,11H,9-10,12-14H2,1H3,(H,23,27)/t21-/m0/s1. The number of carbonyl (C=O) groups excluding carboxylic acids is 2. The number of rotatable bonds is 3. The van der Waals surface area contributed by atoms with E-state index < -0.39 is 0 Å². The largest absolute Gasteiger partial charge is 0.497 e. The topological polar surface area (TPSA) is 61.9 Å². The maximum absolute atomic E-state index is 13.0. The maximum Gasteiger partial charge on any atom is 0.321 e. The predicted octanol–water partition coefficient (Wildman–Crippen LogP) is 3.50. The van der Waals surface area contributed by atoms with Gasteiger partial charge in [0.05, 0.1) is 7.11 Å². The molecule has 28 heavy (non-hydrogen) atoms. The number of nitrogens with zero attached hydrogens (tertiary/aromatic N) is 2. The van der Waals surface area contributed by atoms with Crippen molar-refractivity contribution in [3.8, 4) is 5.75 Å². The summed E-state index contributed by atoms with van der Waals surface area (Å²) >= 11 is 0. The fourth-order valence-electron chi connectivity index (χ4n) is 4.03. The number of urea groups is 1. The first kappa shape index (κ1) is 18.3. The van der Waals surface area contributed by atoms with Crippen LogP contribution in [-0.4, -0.2) is 43.6 Å². The number of hydrogen-bond donors (Lipinski definition) is 1. The lowest BCUT2D eigenvalue weighted by molar-refractivity contribution is -0.117. The van der Waals surface area contributed by atoms with Gasteiger partial charge in [0.2, 0.25) is 5.91 Å². The van der Waals surface area contributed by atoms with Gasteiger partial charge in [-0.1, -0.05) is 6.07 Å². The van der Waals surface area contributed by atoms with Crippen molar-refractivity contribution in [1.82, 2.24) is 4.90 Å². The van der Waals surface area contributed by atoms with Gasteiger partial charge in [0.15, 0.2) is 0 Å². The molecule has 6 nitrogen and oxygen atoms in total. The highest BCUT2D eigenvalue weighted by molar-refractivity contribution is 5.97. The Bertz CT molecular complexity index is 902. The third-order valence-electron chi connectivity index (χ3n) is 5.51. The van der Waals surface area contributed by atoms with Gasteiger partial charge in [0.1, 0.15) is 11.6 Å². The van der Waals surface area contributed by atoms with Crippen LogP contribution in [0.15, 0.2) is 48.5 Å². The van der Waals surface area contributed by atoms with Crippen LogP contribution >= 0.6 is 0 Å². The van der Waals surface area contributed by atoms with Gasteiger partial charge >= 0.3 is 6.03 Å². The Morgan fingerprint density at radius 3 is 2.71 bits per heavy atom. The first-order valence-electron chi connectivity index (χ1n) is 9.24. The SMILES string of the molecule is COc1cccc(N2C[C@@]3(CCN(C(=O)Nc4ccc(F)cc4)C3)CC2=O)c1. The summed E-state index contributed by atoms with van der Waals surface area (Å²) in [4.78, 5) is 28.7. The van der Waals surface area contributed by atoms with Crippen molar-refractivity contribution >= 4 is 23.3 Å². The van der Waals surface area contributed by atoms with Crippen LogP contribution in [0.5, 0.6) is 5.75 Å². The first-order valence-corrected chi connectivity index (χ1v) is 9.24. The molecular formula is C21H22FN3O3. The Labute approximate surface area is 162 Å². The van der Waals surface area contributed by atoms with Crippen molar-refractivity contribution in [3.05, 3.63) is 54.3 Å². The van der Waals surface area contributed by atoms with Crippen LogP contribution in [0, 0.1) is 11.2 Å². The minimum Gasteiger partial charge on any atom is -0.497 e. The summed E-state index contributed by atoms with van der Waals surface area (Å²) in [7, 11) is 1.60. The molecule has 2 saturated heterocycles. The zero-order chi connectivity index (χ0) is 19.7. The number of hydrogen-bond acceptors (Lipinski definition) is 3. The third-order valence-corrected chi connectivity index (χ3v) is 5.51. The van der Waals surface area contributed by atoms with Crippen molar-refractivity contribution in [1.29, 1.82) is 0 Å². The van der Waals surface area contributed by atoms with Crippen LogP contribution in [0.2, 0.25) is 0 Å². The van der Waals surface area contributed by atoms with Crippen LogP contribution < -0.4 is 15.0 Å². The van der Waals surface area contributed by atoms with Crippen molar-refractivity contribution in [2.24, 2.45) is 5.41 Å². The van der Waals surface area contributed by atoms with Gasteiger partial charge in [-0.2, -0.15) is 0 Å². The molecule has 3 amide bonds. The number of anilines is 2. The van der Waals surface area contributed by atoms with Gasteiger partial charge in [-0.05, 0) is 42.8 Å². The number of amides is 3. The van der Waals surface area contributed by atoms with Crippen LogP contribution in [0.25, 0.3) is 0 Å². The van der Waals surface area contributed by atoms with Crippen molar-refractivity contribution < 1.29 is 18.7 Å².